The molecule has 2 rings (SSSR count). The molecule has 0 unspecified atom stereocenters. The average molecular weight is 249 g/mol. The summed E-state index contributed by atoms with van der Waals surface area (Å²) in [5.41, 5.74) is 1.79. The molecule has 1 heterocycles. The van der Waals surface area contributed by atoms with Gasteiger partial charge >= 0.3 is 0 Å². The van der Waals surface area contributed by atoms with Crippen LogP contribution in [0.3, 0.4) is 0 Å². The minimum absolute atomic E-state index is 0.0851. The Morgan fingerprint density at radius 2 is 2.00 bits per heavy atom. The Morgan fingerprint density at radius 1 is 1.35 bits per heavy atom. The normalized spacial score (nSPS) is 10.5. The lowest BCUT2D eigenvalue weighted by Crippen LogP contribution is -2.10. The second kappa shape index (κ2) is 4.72. The molecule has 0 fully saturated rings. The molecule has 0 bridgehead atoms. The van der Waals surface area contributed by atoms with Gasteiger partial charge in [-0.3, -0.25) is 9.48 Å². The van der Waals surface area contributed by atoms with Crippen molar-refractivity contribution in [1.82, 2.24) is 9.78 Å². The van der Waals surface area contributed by atoms with Gasteiger partial charge < -0.3 is 0 Å². The highest BCUT2D eigenvalue weighted by Gasteiger charge is 2.20. The van der Waals surface area contributed by atoms with E-state index in [-0.39, 0.29) is 5.78 Å². The molecule has 17 heavy (non-hydrogen) atoms. The number of carbonyl (C=O) groups is 1. The molecule has 0 amide bonds. The lowest BCUT2D eigenvalue weighted by molar-refractivity contribution is 0.102. The van der Waals surface area contributed by atoms with Gasteiger partial charge in [-0.2, -0.15) is 5.10 Å². The number of hydrogen-bond donors (Lipinski definition) is 0. The fraction of sp³-hybridized carbons (Fsp3) is 0.231. The summed E-state index contributed by atoms with van der Waals surface area (Å²) in [6.07, 6.45) is 0. The molecule has 0 saturated carbocycles. The SMILES string of the molecule is CCn1nc(C)c(Cl)c1C(=O)c1ccccc1. The largest absolute Gasteiger partial charge is 0.287 e. The number of hydrogen-bond acceptors (Lipinski definition) is 2. The van der Waals surface area contributed by atoms with Crippen molar-refractivity contribution in [2.75, 3.05) is 0 Å². The molecule has 1 aromatic carbocycles. The van der Waals surface area contributed by atoms with Crippen molar-refractivity contribution in [3.63, 3.8) is 0 Å². The van der Waals surface area contributed by atoms with Gasteiger partial charge in [0, 0.05) is 12.1 Å². The molecule has 0 N–H and O–H groups in total. The summed E-state index contributed by atoms with van der Waals surface area (Å²) in [7, 11) is 0. The zero-order valence-corrected chi connectivity index (χ0v) is 10.5. The smallest absolute Gasteiger partial charge is 0.212 e. The summed E-state index contributed by atoms with van der Waals surface area (Å²) in [5.74, 6) is -0.0851. The maximum absolute atomic E-state index is 12.3. The number of benzene rings is 1. The highest BCUT2D eigenvalue weighted by molar-refractivity contribution is 6.35. The summed E-state index contributed by atoms with van der Waals surface area (Å²) in [4.78, 5) is 12.3. The van der Waals surface area contributed by atoms with Crippen LogP contribution in [0.15, 0.2) is 30.3 Å². The van der Waals surface area contributed by atoms with Crippen LogP contribution in [-0.2, 0) is 6.54 Å². The number of aromatic nitrogens is 2. The van der Waals surface area contributed by atoms with E-state index in [1.165, 1.54) is 0 Å². The minimum Gasteiger partial charge on any atom is -0.287 e. The number of ketones is 1. The molecule has 0 radical (unpaired) electrons. The van der Waals surface area contributed by atoms with Crippen molar-refractivity contribution in [2.24, 2.45) is 0 Å². The van der Waals surface area contributed by atoms with Gasteiger partial charge in [-0.15, -0.1) is 0 Å². The predicted molar refractivity (Wildman–Crippen MR) is 67.5 cm³/mol. The van der Waals surface area contributed by atoms with Crippen LogP contribution in [0.1, 0.15) is 28.7 Å². The van der Waals surface area contributed by atoms with E-state index in [0.717, 1.165) is 0 Å². The van der Waals surface area contributed by atoms with Crippen LogP contribution < -0.4 is 0 Å². The third-order valence-electron chi connectivity index (χ3n) is 2.60. The van der Waals surface area contributed by atoms with E-state index < -0.39 is 0 Å². The van der Waals surface area contributed by atoms with Crippen LogP contribution in [-0.4, -0.2) is 15.6 Å². The Balaban J connectivity index is 2.51. The van der Waals surface area contributed by atoms with E-state index >= 15 is 0 Å². The van der Waals surface area contributed by atoms with Crippen molar-refractivity contribution >= 4 is 17.4 Å². The number of rotatable bonds is 3. The lowest BCUT2D eigenvalue weighted by Gasteiger charge is -2.04. The van der Waals surface area contributed by atoms with Crippen LogP contribution in [0.4, 0.5) is 0 Å². The van der Waals surface area contributed by atoms with E-state index in [1.807, 2.05) is 25.1 Å². The molecule has 1 aromatic heterocycles. The Labute approximate surface area is 105 Å². The fourth-order valence-corrected chi connectivity index (χ4v) is 1.95. The minimum atomic E-state index is -0.0851. The Morgan fingerprint density at radius 3 is 2.59 bits per heavy atom. The summed E-state index contributed by atoms with van der Waals surface area (Å²) >= 11 is 6.13. The van der Waals surface area contributed by atoms with Crippen molar-refractivity contribution in [3.05, 3.63) is 52.3 Å². The van der Waals surface area contributed by atoms with Crippen LogP contribution in [0, 0.1) is 6.92 Å². The third kappa shape index (κ3) is 2.11. The Bertz CT molecular complexity index is 546. The van der Waals surface area contributed by atoms with Crippen molar-refractivity contribution < 1.29 is 4.79 Å². The lowest BCUT2D eigenvalue weighted by atomic mass is 10.1. The zero-order chi connectivity index (χ0) is 12.4. The molecule has 3 nitrogen and oxygen atoms in total. The molecule has 0 aliphatic carbocycles. The van der Waals surface area contributed by atoms with Gasteiger partial charge in [0.15, 0.2) is 0 Å². The van der Waals surface area contributed by atoms with Crippen LogP contribution in [0.25, 0.3) is 0 Å². The molecule has 0 aliphatic rings. The summed E-state index contributed by atoms with van der Waals surface area (Å²) < 4.78 is 1.65. The number of aryl methyl sites for hydroxylation is 2. The first-order valence-corrected chi connectivity index (χ1v) is 5.85. The maximum atomic E-state index is 12.3. The molecule has 0 spiro atoms. The summed E-state index contributed by atoms with van der Waals surface area (Å²) in [6.45, 7) is 4.36. The molecule has 2 aromatic rings. The monoisotopic (exact) mass is 248 g/mol. The van der Waals surface area contributed by atoms with Crippen molar-refractivity contribution in [2.45, 2.75) is 20.4 Å². The molecule has 4 heteroatoms. The number of halogens is 1. The topological polar surface area (TPSA) is 34.9 Å². The molecular formula is C13H13ClN2O. The molecule has 88 valence electrons. The summed E-state index contributed by atoms with van der Waals surface area (Å²) in [6, 6.07) is 9.10. The second-order valence-electron chi connectivity index (χ2n) is 3.76. The van der Waals surface area contributed by atoms with Crippen molar-refractivity contribution in [1.29, 1.82) is 0 Å². The standard InChI is InChI=1S/C13H13ClN2O/c1-3-16-12(11(14)9(2)15-16)13(17)10-7-5-4-6-8-10/h4-8H,3H2,1-2H3. The molecular weight excluding hydrogens is 236 g/mol. The van der Waals surface area contributed by atoms with Crippen LogP contribution in [0.5, 0.6) is 0 Å². The highest BCUT2D eigenvalue weighted by Crippen LogP contribution is 2.23. The van der Waals surface area contributed by atoms with Gasteiger partial charge in [0.25, 0.3) is 0 Å². The summed E-state index contributed by atoms with van der Waals surface area (Å²) in [5, 5.41) is 4.68. The third-order valence-corrected chi connectivity index (χ3v) is 3.06. The first kappa shape index (κ1) is 11.9. The van der Waals surface area contributed by atoms with Crippen LogP contribution >= 0.6 is 11.6 Å². The molecule has 0 saturated heterocycles. The first-order chi connectivity index (χ1) is 8.15. The van der Waals surface area contributed by atoms with E-state index in [0.29, 0.717) is 28.5 Å². The second-order valence-corrected chi connectivity index (χ2v) is 4.14. The molecule has 0 atom stereocenters. The number of carbonyl (C=O) groups excluding carboxylic acids is 1. The fourth-order valence-electron chi connectivity index (χ4n) is 1.73. The molecule has 0 aliphatic heterocycles. The van der Waals surface area contributed by atoms with Gasteiger partial charge in [-0.25, -0.2) is 0 Å². The van der Waals surface area contributed by atoms with E-state index in [2.05, 4.69) is 5.10 Å². The van der Waals surface area contributed by atoms with E-state index in [9.17, 15) is 4.79 Å². The van der Waals surface area contributed by atoms with Gasteiger partial charge in [0.2, 0.25) is 5.78 Å². The van der Waals surface area contributed by atoms with E-state index in [1.54, 1.807) is 23.7 Å². The van der Waals surface area contributed by atoms with Gasteiger partial charge in [0.1, 0.15) is 5.69 Å². The van der Waals surface area contributed by atoms with Gasteiger partial charge in [0.05, 0.1) is 10.7 Å². The maximum Gasteiger partial charge on any atom is 0.212 e. The Hall–Kier alpha value is -1.61. The highest BCUT2D eigenvalue weighted by atomic mass is 35.5. The first-order valence-electron chi connectivity index (χ1n) is 5.47. The Kier molecular flexibility index (Phi) is 3.29. The zero-order valence-electron chi connectivity index (χ0n) is 9.77. The van der Waals surface area contributed by atoms with Gasteiger partial charge in [-0.05, 0) is 13.8 Å². The predicted octanol–water partition coefficient (Wildman–Crippen LogP) is 3.10. The van der Waals surface area contributed by atoms with Crippen molar-refractivity contribution in [3.8, 4) is 0 Å². The van der Waals surface area contributed by atoms with Crippen LogP contribution in [0.2, 0.25) is 5.02 Å². The quantitative estimate of drug-likeness (QED) is 0.783. The number of nitrogens with zero attached hydrogens (tertiary/aromatic N) is 2. The van der Waals surface area contributed by atoms with Gasteiger partial charge in [-0.1, -0.05) is 41.9 Å². The van der Waals surface area contributed by atoms with E-state index in [4.69, 9.17) is 11.6 Å². The average Bonchev–Trinajstić information content (AvgIpc) is 2.65.